The summed E-state index contributed by atoms with van der Waals surface area (Å²) < 4.78 is 33.0. The zero-order valence-electron chi connectivity index (χ0n) is 18.4. The van der Waals surface area contributed by atoms with Gasteiger partial charge in [-0.2, -0.15) is 0 Å². The van der Waals surface area contributed by atoms with Gasteiger partial charge in [0.2, 0.25) is 0 Å². The van der Waals surface area contributed by atoms with Gasteiger partial charge in [-0.05, 0) is 61.1 Å². The van der Waals surface area contributed by atoms with E-state index >= 15 is 0 Å². The lowest BCUT2D eigenvalue weighted by Crippen LogP contribution is -2.23. The second-order valence-corrected chi connectivity index (χ2v) is 8.55. The molecule has 2 aromatic heterocycles. The van der Waals surface area contributed by atoms with E-state index in [2.05, 4.69) is 21.9 Å². The molecule has 1 fully saturated rings. The Hall–Kier alpha value is -2.96. The average molecular weight is 440 g/mol. The summed E-state index contributed by atoms with van der Waals surface area (Å²) in [5.41, 5.74) is 1.70. The van der Waals surface area contributed by atoms with Crippen molar-refractivity contribution < 1.29 is 18.3 Å². The van der Waals surface area contributed by atoms with Crippen molar-refractivity contribution in [2.75, 3.05) is 7.11 Å². The fraction of sp³-hybridized carbons (Fsp3) is 0.440. The van der Waals surface area contributed by atoms with Crippen LogP contribution >= 0.6 is 0 Å². The summed E-state index contributed by atoms with van der Waals surface area (Å²) >= 11 is 0. The minimum absolute atomic E-state index is 0.0488. The van der Waals surface area contributed by atoms with Crippen molar-refractivity contribution in [3.05, 3.63) is 59.6 Å². The summed E-state index contributed by atoms with van der Waals surface area (Å²) in [5, 5.41) is 0.565. The van der Waals surface area contributed by atoms with Crippen LogP contribution in [-0.4, -0.2) is 27.8 Å². The predicted molar refractivity (Wildman–Crippen MR) is 118 cm³/mol. The molecule has 1 atom stereocenters. The number of aromatic nitrogens is 3. The molecule has 0 spiro atoms. The van der Waals surface area contributed by atoms with Gasteiger partial charge in [-0.3, -0.25) is 9.78 Å². The SMILES string of the molecule is CC[C@H](CC(=O)c1cnc(OC)nc1)C1CCC(c2ccnc3c(F)cc(F)cc23)CC1. The lowest BCUT2D eigenvalue weighted by molar-refractivity contribution is 0.0925. The Balaban J connectivity index is 1.43. The van der Waals surface area contributed by atoms with E-state index in [-0.39, 0.29) is 29.1 Å². The van der Waals surface area contributed by atoms with Gasteiger partial charge in [0.05, 0.1) is 12.7 Å². The van der Waals surface area contributed by atoms with Crippen molar-refractivity contribution >= 4 is 16.7 Å². The van der Waals surface area contributed by atoms with E-state index in [9.17, 15) is 13.6 Å². The largest absolute Gasteiger partial charge is 0.467 e. The molecule has 0 saturated heterocycles. The number of Topliss-reactive ketones (excluding diaryl/α,β-unsaturated/α-hetero) is 1. The number of nitrogens with zero attached hydrogens (tertiary/aromatic N) is 3. The van der Waals surface area contributed by atoms with Crippen LogP contribution < -0.4 is 4.74 Å². The smallest absolute Gasteiger partial charge is 0.316 e. The summed E-state index contributed by atoms with van der Waals surface area (Å²) in [7, 11) is 1.49. The predicted octanol–water partition coefficient (Wildman–Crippen LogP) is 5.88. The second kappa shape index (κ2) is 9.67. The Morgan fingerprint density at radius 2 is 1.84 bits per heavy atom. The summed E-state index contributed by atoms with van der Waals surface area (Å²) in [6, 6.07) is 4.40. The van der Waals surface area contributed by atoms with E-state index in [0.29, 0.717) is 23.3 Å². The minimum atomic E-state index is -0.623. The Morgan fingerprint density at radius 3 is 2.50 bits per heavy atom. The standard InChI is InChI=1S/C25H27F2N3O2/c1-3-15(10-23(31)18-13-29-25(32-2)30-14-18)16-4-6-17(7-5-16)20-8-9-28-24-21(20)11-19(26)12-22(24)27/h8-9,11-17H,3-7,10H2,1-2H3/t15-,16?,17?/m1/s1. The highest BCUT2D eigenvalue weighted by Gasteiger charge is 2.30. The maximum Gasteiger partial charge on any atom is 0.316 e. The number of hydrogen-bond acceptors (Lipinski definition) is 5. The van der Waals surface area contributed by atoms with Gasteiger partial charge in [-0.1, -0.05) is 13.3 Å². The highest BCUT2D eigenvalue weighted by Crippen LogP contribution is 2.42. The quantitative estimate of drug-likeness (QED) is 0.430. The molecule has 2 heterocycles. The molecule has 0 radical (unpaired) electrons. The Morgan fingerprint density at radius 1 is 1.12 bits per heavy atom. The molecule has 168 valence electrons. The van der Waals surface area contributed by atoms with Crippen LogP contribution in [0.5, 0.6) is 6.01 Å². The topological polar surface area (TPSA) is 65.0 Å². The maximum atomic E-state index is 14.2. The maximum absolute atomic E-state index is 14.2. The van der Waals surface area contributed by atoms with Crippen molar-refractivity contribution in [3.8, 4) is 6.01 Å². The summed E-state index contributed by atoms with van der Waals surface area (Å²) in [4.78, 5) is 24.9. The Kier molecular flexibility index (Phi) is 6.72. The number of benzene rings is 1. The van der Waals surface area contributed by atoms with Gasteiger partial charge in [0.25, 0.3) is 0 Å². The highest BCUT2D eigenvalue weighted by atomic mass is 19.1. The molecule has 0 aliphatic heterocycles. The molecule has 1 aromatic carbocycles. The van der Waals surface area contributed by atoms with E-state index in [4.69, 9.17) is 4.74 Å². The van der Waals surface area contributed by atoms with Gasteiger partial charge >= 0.3 is 6.01 Å². The molecule has 0 N–H and O–H groups in total. The molecule has 1 aliphatic carbocycles. The lowest BCUT2D eigenvalue weighted by atomic mass is 9.71. The van der Waals surface area contributed by atoms with Crippen molar-refractivity contribution in [1.29, 1.82) is 0 Å². The number of rotatable bonds is 7. The molecular formula is C25H27F2N3O2. The van der Waals surface area contributed by atoms with Crippen LogP contribution in [0, 0.1) is 23.5 Å². The van der Waals surface area contributed by atoms with E-state index in [0.717, 1.165) is 43.7 Å². The molecule has 32 heavy (non-hydrogen) atoms. The molecule has 4 rings (SSSR count). The summed E-state index contributed by atoms with van der Waals surface area (Å²) in [5.74, 6) is -0.183. The number of ketones is 1. The van der Waals surface area contributed by atoms with E-state index in [1.807, 2.05) is 6.07 Å². The Bertz CT molecular complexity index is 1100. The van der Waals surface area contributed by atoms with Crippen molar-refractivity contribution in [2.45, 2.75) is 51.4 Å². The fourth-order valence-electron chi connectivity index (χ4n) is 5.02. The van der Waals surface area contributed by atoms with Gasteiger partial charge in [0.1, 0.15) is 11.3 Å². The molecular weight excluding hydrogens is 412 g/mol. The molecule has 1 aliphatic rings. The summed E-state index contributed by atoms with van der Waals surface area (Å²) in [6.45, 7) is 2.12. The minimum Gasteiger partial charge on any atom is -0.467 e. The van der Waals surface area contributed by atoms with Gasteiger partial charge in [0, 0.05) is 36.5 Å². The number of carbonyl (C=O) groups excluding carboxylic acids is 1. The van der Waals surface area contributed by atoms with Crippen LogP contribution in [0.4, 0.5) is 8.78 Å². The highest BCUT2D eigenvalue weighted by molar-refractivity contribution is 5.95. The molecule has 1 saturated carbocycles. The van der Waals surface area contributed by atoms with Crippen LogP contribution in [0.25, 0.3) is 10.9 Å². The number of fused-ring (bicyclic) bond motifs is 1. The monoisotopic (exact) mass is 439 g/mol. The Labute approximate surface area is 186 Å². The van der Waals surface area contributed by atoms with Gasteiger partial charge in [-0.25, -0.2) is 18.7 Å². The van der Waals surface area contributed by atoms with Gasteiger partial charge in [0.15, 0.2) is 11.6 Å². The lowest BCUT2D eigenvalue weighted by Gasteiger charge is -2.34. The van der Waals surface area contributed by atoms with Crippen molar-refractivity contribution in [2.24, 2.45) is 11.8 Å². The van der Waals surface area contributed by atoms with Crippen LogP contribution in [0.15, 0.2) is 36.8 Å². The third kappa shape index (κ3) is 4.61. The molecule has 5 nitrogen and oxygen atoms in total. The number of carbonyl (C=O) groups is 1. The zero-order valence-corrected chi connectivity index (χ0v) is 18.4. The zero-order chi connectivity index (χ0) is 22.7. The average Bonchev–Trinajstić information content (AvgIpc) is 2.82. The number of halogens is 2. The van der Waals surface area contributed by atoms with Crippen LogP contribution in [0.3, 0.4) is 0 Å². The molecule has 0 bridgehead atoms. The number of pyridine rings is 1. The molecule has 3 aromatic rings. The third-order valence-electron chi connectivity index (χ3n) is 6.78. The van der Waals surface area contributed by atoms with Crippen molar-refractivity contribution in [3.63, 3.8) is 0 Å². The summed E-state index contributed by atoms with van der Waals surface area (Å²) in [6.07, 6.45) is 9.86. The first-order chi connectivity index (χ1) is 15.5. The van der Waals surface area contributed by atoms with Crippen LogP contribution in [0.2, 0.25) is 0 Å². The normalized spacial score (nSPS) is 19.6. The van der Waals surface area contributed by atoms with E-state index in [1.54, 1.807) is 6.20 Å². The molecule has 0 amide bonds. The first kappa shape index (κ1) is 22.2. The van der Waals surface area contributed by atoms with Crippen LogP contribution in [-0.2, 0) is 0 Å². The molecule has 7 heteroatoms. The van der Waals surface area contributed by atoms with Crippen LogP contribution in [0.1, 0.15) is 67.3 Å². The number of ether oxygens (including phenoxy) is 1. The fourth-order valence-corrected chi connectivity index (χ4v) is 5.02. The first-order valence-electron chi connectivity index (χ1n) is 11.1. The molecule has 0 unspecified atom stereocenters. The van der Waals surface area contributed by atoms with E-state index < -0.39 is 11.6 Å². The third-order valence-corrected chi connectivity index (χ3v) is 6.78. The van der Waals surface area contributed by atoms with Crippen molar-refractivity contribution in [1.82, 2.24) is 15.0 Å². The van der Waals surface area contributed by atoms with Gasteiger partial charge < -0.3 is 4.74 Å². The number of hydrogen-bond donors (Lipinski definition) is 0. The van der Waals surface area contributed by atoms with Gasteiger partial charge in [-0.15, -0.1) is 0 Å². The van der Waals surface area contributed by atoms with E-state index in [1.165, 1.54) is 25.6 Å². The second-order valence-electron chi connectivity index (χ2n) is 8.55. The first-order valence-corrected chi connectivity index (χ1v) is 11.1. The number of methoxy groups -OCH3 is 1.